The molecule has 2 aromatic rings. The van der Waals surface area contributed by atoms with Crippen molar-refractivity contribution in [3.05, 3.63) is 58.1 Å². The molecule has 0 bridgehead atoms. The van der Waals surface area contributed by atoms with Crippen LogP contribution in [0.2, 0.25) is 0 Å². The number of aryl methyl sites for hydroxylation is 4. The van der Waals surface area contributed by atoms with Gasteiger partial charge in [-0.1, -0.05) is 18.2 Å². The minimum atomic E-state index is 0.346. The van der Waals surface area contributed by atoms with Crippen molar-refractivity contribution < 1.29 is 9.47 Å². The summed E-state index contributed by atoms with van der Waals surface area (Å²) in [6.45, 7) is 8.82. The summed E-state index contributed by atoms with van der Waals surface area (Å²) in [5, 5.41) is 3.45. The lowest BCUT2D eigenvalue weighted by molar-refractivity contribution is 0.303. The van der Waals surface area contributed by atoms with Crippen molar-refractivity contribution in [1.82, 2.24) is 0 Å². The molecular formula is C19H23NO2S. The number of methoxy groups -OCH3 is 1. The van der Waals surface area contributed by atoms with Crippen LogP contribution in [0, 0.1) is 27.7 Å². The van der Waals surface area contributed by atoms with Crippen molar-refractivity contribution >= 4 is 23.1 Å². The van der Waals surface area contributed by atoms with E-state index in [1.165, 1.54) is 11.1 Å². The molecule has 0 saturated carbocycles. The maximum atomic E-state index is 6.07. The highest BCUT2D eigenvalue weighted by Crippen LogP contribution is 2.26. The first-order chi connectivity index (χ1) is 10.9. The minimum absolute atomic E-state index is 0.346. The molecule has 2 rings (SSSR count). The molecule has 0 atom stereocenters. The Morgan fingerprint density at radius 3 is 2.39 bits per heavy atom. The second-order valence-corrected chi connectivity index (χ2v) is 6.08. The third-order valence-electron chi connectivity index (χ3n) is 4.00. The number of anilines is 1. The molecule has 4 heteroatoms. The third-order valence-corrected chi connectivity index (χ3v) is 4.26. The van der Waals surface area contributed by atoms with E-state index in [1.807, 2.05) is 12.1 Å². The zero-order valence-corrected chi connectivity index (χ0v) is 15.1. The van der Waals surface area contributed by atoms with Gasteiger partial charge in [0, 0.05) is 11.3 Å². The average molecular weight is 329 g/mol. The zero-order chi connectivity index (χ0) is 17.0. The summed E-state index contributed by atoms with van der Waals surface area (Å²) >= 11 is 5.10. The van der Waals surface area contributed by atoms with Crippen molar-refractivity contribution in [2.45, 2.75) is 34.3 Å². The molecule has 23 heavy (non-hydrogen) atoms. The molecule has 0 unspecified atom stereocenters. The molecule has 0 heterocycles. The van der Waals surface area contributed by atoms with Crippen molar-refractivity contribution in [2.24, 2.45) is 0 Å². The number of nitrogens with one attached hydrogen (secondary N) is 1. The second-order valence-electron chi connectivity index (χ2n) is 5.71. The minimum Gasteiger partial charge on any atom is -0.489 e. The Bertz CT molecular complexity index is 726. The summed E-state index contributed by atoms with van der Waals surface area (Å²) in [4.78, 5) is 0. The largest absolute Gasteiger partial charge is 0.489 e. The van der Waals surface area contributed by atoms with E-state index in [4.69, 9.17) is 21.7 Å². The van der Waals surface area contributed by atoms with Crippen LogP contribution in [-0.2, 0) is 11.3 Å². The number of ether oxygens (including phenoxy) is 2. The second kappa shape index (κ2) is 7.47. The van der Waals surface area contributed by atoms with Gasteiger partial charge in [0.15, 0.2) is 0 Å². The van der Waals surface area contributed by atoms with E-state index in [1.54, 1.807) is 7.11 Å². The van der Waals surface area contributed by atoms with Gasteiger partial charge in [-0.15, -0.1) is 0 Å². The van der Waals surface area contributed by atoms with Crippen LogP contribution in [0.4, 0.5) is 5.69 Å². The molecule has 0 spiro atoms. The molecular weight excluding hydrogens is 306 g/mol. The van der Waals surface area contributed by atoms with Gasteiger partial charge in [0.1, 0.15) is 12.4 Å². The van der Waals surface area contributed by atoms with E-state index in [-0.39, 0.29) is 0 Å². The lowest BCUT2D eigenvalue weighted by atomic mass is 10.1. The van der Waals surface area contributed by atoms with Gasteiger partial charge < -0.3 is 14.8 Å². The lowest BCUT2D eigenvalue weighted by Crippen LogP contribution is -2.13. The van der Waals surface area contributed by atoms with E-state index in [0.717, 1.165) is 28.1 Å². The van der Waals surface area contributed by atoms with E-state index < -0.39 is 0 Å². The maximum Gasteiger partial charge on any atom is 0.260 e. The molecule has 0 saturated heterocycles. The Kier molecular flexibility index (Phi) is 5.61. The molecule has 0 aliphatic heterocycles. The average Bonchev–Trinajstić information content (AvgIpc) is 2.51. The highest BCUT2D eigenvalue weighted by Gasteiger charge is 2.10. The number of hydrogen-bond donors (Lipinski definition) is 1. The molecule has 0 aliphatic carbocycles. The first kappa shape index (κ1) is 17.3. The fourth-order valence-electron chi connectivity index (χ4n) is 2.41. The molecule has 3 nitrogen and oxygen atoms in total. The summed E-state index contributed by atoms with van der Waals surface area (Å²) in [5.74, 6) is 0.914. The van der Waals surface area contributed by atoms with Gasteiger partial charge in [-0.2, -0.15) is 0 Å². The Morgan fingerprint density at radius 2 is 1.70 bits per heavy atom. The van der Waals surface area contributed by atoms with Crippen LogP contribution in [0.3, 0.4) is 0 Å². The number of thiocarbonyl (C=S) groups is 1. The van der Waals surface area contributed by atoms with Crippen LogP contribution in [0.5, 0.6) is 5.75 Å². The molecule has 122 valence electrons. The first-order valence-corrected chi connectivity index (χ1v) is 7.97. The SMILES string of the molecule is COC(=S)Nc1cccc(C)c1COc1cc(C)c(C)cc1C. The standard InChI is InChI=1S/C19H23NO2S/c1-12-7-6-8-17(20-19(23)21-5)16(12)11-22-18-10-14(3)13(2)9-15(18)4/h6-10H,11H2,1-5H3,(H,20,23). The van der Waals surface area contributed by atoms with Gasteiger partial charge in [-0.05, 0) is 74.3 Å². The normalized spacial score (nSPS) is 10.3. The van der Waals surface area contributed by atoms with Gasteiger partial charge in [0.05, 0.1) is 7.11 Å². The summed E-state index contributed by atoms with van der Waals surface area (Å²) in [5.41, 5.74) is 6.79. The Labute approximate surface area is 143 Å². The third kappa shape index (κ3) is 4.23. The van der Waals surface area contributed by atoms with Crippen LogP contribution in [0.15, 0.2) is 30.3 Å². The van der Waals surface area contributed by atoms with E-state index >= 15 is 0 Å². The van der Waals surface area contributed by atoms with Crippen molar-refractivity contribution in [2.75, 3.05) is 12.4 Å². The first-order valence-electron chi connectivity index (χ1n) is 7.56. The van der Waals surface area contributed by atoms with Gasteiger partial charge in [-0.25, -0.2) is 0 Å². The van der Waals surface area contributed by atoms with Crippen molar-refractivity contribution in [1.29, 1.82) is 0 Å². The molecule has 1 N–H and O–H groups in total. The van der Waals surface area contributed by atoms with Crippen molar-refractivity contribution in [3.8, 4) is 5.75 Å². The maximum absolute atomic E-state index is 6.07. The highest BCUT2D eigenvalue weighted by atomic mass is 32.1. The number of rotatable bonds is 4. The zero-order valence-electron chi connectivity index (χ0n) is 14.3. The summed E-state index contributed by atoms with van der Waals surface area (Å²) in [7, 11) is 1.56. The number of hydrogen-bond acceptors (Lipinski definition) is 3. The van der Waals surface area contributed by atoms with E-state index in [2.05, 4.69) is 51.2 Å². The molecule has 2 aromatic carbocycles. The Balaban J connectivity index is 2.23. The highest BCUT2D eigenvalue weighted by molar-refractivity contribution is 7.80. The van der Waals surface area contributed by atoms with Gasteiger partial charge in [0.2, 0.25) is 0 Å². The summed E-state index contributed by atoms with van der Waals surface area (Å²) in [6, 6.07) is 10.3. The fraction of sp³-hybridized carbons (Fsp3) is 0.316. The summed E-state index contributed by atoms with van der Waals surface area (Å²) < 4.78 is 11.1. The fourth-order valence-corrected chi connectivity index (χ4v) is 2.52. The predicted molar refractivity (Wildman–Crippen MR) is 99.4 cm³/mol. The monoisotopic (exact) mass is 329 g/mol. The van der Waals surface area contributed by atoms with Crippen LogP contribution >= 0.6 is 12.2 Å². The molecule has 0 fully saturated rings. The molecule has 0 radical (unpaired) electrons. The van der Waals surface area contributed by atoms with Crippen LogP contribution in [-0.4, -0.2) is 12.3 Å². The molecule has 0 aromatic heterocycles. The van der Waals surface area contributed by atoms with E-state index in [9.17, 15) is 0 Å². The molecule has 0 amide bonds. The lowest BCUT2D eigenvalue weighted by Gasteiger charge is -2.17. The van der Waals surface area contributed by atoms with Crippen LogP contribution < -0.4 is 10.1 Å². The van der Waals surface area contributed by atoms with Gasteiger partial charge in [-0.3, -0.25) is 0 Å². The quantitative estimate of drug-likeness (QED) is 0.813. The topological polar surface area (TPSA) is 30.5 Å². The molecule has 0 aliphatic rings. The van der Waals surface area contributed by atoms with E-state index in [0.29, 0.717) is 11.8 Å². The van der Waals surface area contributed by atoms with Crippen LogP contribution in [0.25, 0.3) is 0 Å². The number of benzene rings is 2. The summed E-state index contributed by atoms with van der Waals surface area (Å²) in [6.07, 6.45) is 0. The van der Waals surface area contributed by atoms with Crippen molar-refractivity contribution in [3.63, 3.8) is 0 Å². The smallest absolute Gasteiger partial charge is 0.260 e. The Hall–Kier alpha value is -2.07. The van der Waals surface area contributed by atoms with Gasteiger partial charge >= 0.3 is 0 Å². The Morgan fingerprint density at radius 1 is 1.00 bits per heavy atom. The van der Waals surface area contributed by atoms with Gasteiger partial charge in [0.25, 0.3) is 5.17 Å². The van der Waals surface area contributed by atoms with Crippen LogP contribution in [0.1, 0.15) is 27.8 Å². The predicted octanol–water partition coefficient (Wildman–Crippen LogP) is 4.84.